The van der Waals surface area contributed by atoms with Gasteiger partial charge in [-0.1, -0.05) is 35.4 Å². The molecule has 0 aromatic heterocycles. The smallest absolute Gasteiger partial charge is 0.239 e. The summed E-state index contributed by atoms with van der Waals surface area (Å²) in [7, 11) is 0. The summed E-state index contributed by atoms with van der Waals surface area (Å²) in [5, 5.41) is 5.50. The van der Waals surface area contributed by atoms with E-state index >= 15 is 0 Å². The summed E-state index contributed by atoms with van der Waals surface area (Å²) in [6.07, 6.45) is 4.70. The van der Waals surface area contributed by atoms with Crippen molar-refractivity contribution in [1.82, 2.24) is 5.32 Å². The Balaban J connectivity index is 1.83. The van der Waals surface area contributed by atoms with Crippen LogP contribution in [0.3, 0.4) is 0 Å². The molecule has 3 aliphatic rings. The van der Waals surface area contributed by atoms with E-state index in [2.05, 4.69) is 16.7 Å². The van der Waals surface area contributed by atoms with E-state index in [1.807, 2.05) is 13.0 Å². The SMILES string of the molecule is Cc1ccc(F)cc1[C@H]1NC(=O)[C@@H](Cl)[C@@H](C2=CCCC2)[C@]12C(=O)Nc1cc(Cl)ccc12. The van der Waals surface area contributed by atoms with Crippen molar-refractivity contribution in [3.8, 4) is 0 Å². The van der Waals surface area contributed by atoms with Crippen LogP contribution in [-0.4, -0.2) is 17.2 Å². The average molecular weight is 459 g/mol. The molecule has 2 aliphatic heterocycles. The second-order valence-corrected chi connectivity index (χ2v) is 9.41. The molecule has 0 bridgehead atoms. The summed E-state index contributed by atoms with van der Waals surface area (Å²) < 4.78 is 14.3. The molecule has 2 heterocycles. The third kappa shape index (κ3) is 2.94. The standard InChI is InChI=1S/C24H21Cl2FN2O2/c1-12-6-8-15(27)11-16(12)21-24(17-9-7-14(25)10-18(17)28-23(24)31)19(13-4-2-3-5-13)20(26)22(30)29-21/h4,6-11,19-21H,2-3,5H2,1H3,(H,28,31)(H,29,30)/t19-,20+,21-,24+/m1/s1. The minimum atomic E-state index is -1.21. The Kier molecular flexibility index (Phi) is 4.87. The highest BCUT2D eigenvalue weighted by Crippen LogP contribution is 2.58. The molecule has 1 aliphatic carbocycles. The molecule has 160 valence electrons. The predicted molar refractivity (Wildman–Crippen MR) is 119 cm³/mol. The lowest BCUT2D eigenvalue weighted by atomic mass is 9.58. The number of hydrogen-bond donors (Lipinski definition) is 2. The lowest BCUT2D eigenvalue weighted by molar-refractivity contribution is -0.132. The van der Waals surface area contributed by atoms with E-state index in [4.69, 9.17) is 23.2 Å². The lowest BCUT2D eigenvalue weighted by Gasteiger charge is -2.49. The molecule has 1 saturated heterocycles. The van der Waals surface area contributed by atoms with E-state index in [-0.39, 0.29) is 11.8 Å². The molecule has 7 heteroatoms. The number of anilines is 1. The van der Waals surface area contributed by atoms with Crippen molar-refractivity contribution in [2.75, 3.05) is 5.32 Å². The summed E-state index contributed by atoms with van der Waals surface area (Å²) in [5.74, 6) is -1.60. The van der Waals surface area contributed by atoms with E-state index in [1.165, 1.54) is 12.1 Å². The number of amides is 2. The van der Waals surface area contributed by atoms with Gasteiger partial charge in [0.2, 0.25) is 11.8 Å². The van der Waals surface area contributed by atoms with Crippen molar-refractivity contribution in [3.63, 3.8) is 0 Å². The third-order valence-corrected chi connectivity index (χ3v) is 7.54. The quantitative estimate of drug-likeness (QED) is 0.480. The first-order valence-corrected chi connectivity index (χ1v) is 11.2. The first-order chi connectivity index (χ1) is 14.8. The first kappa shape index (κ1) is 20.5. The number of carbonyl (C=O) groups excluding carboxylic acids is 2. The number of fused-ring (bicyclic) bond motifs is 2. The van der Waals surface area contributed by atoms with Crippen LogP contribution in [-0.2, 0) is 15.0 Å². The molecule has 5 rings (SSSR count). The van der Waals surface area contributed by atoms with Crippen LogP contribution in [0.15, 0.2) is 48.0 Å². The number of aryl methyl sites for hydroxylation is 1. The number of carbonyl (C=O) groups is 2. The molecule has 2 aromatic rings. The molecule has 4 nitrogen and oxygen atoms in total. The van der Waals surface area contributed by atoms with Gasteiger partial charge in [-0.3, -0.25) is 9.59 Å². The molecule has 0 radical (unpaired) electrons. The Hall–Kier alpha value is -2.37. The summed E-state index contributed by atoms with van der Waals surface area (Å²) in [6.45, 7) is 1.85. The molecule has 1 fully saturated rings. The summed E-state index contributed by atoms with van der Waals surface area (Å²) in [6, 6.07) is 8.92. The molecule has 2 amide bonds. The number of piperidine rings is 1. The van der Waals surface area contributed by atoms with Crippen LogP contribution in [0, 0.1) is 18.7 Å². The highest BCUT2D eigenvalue weighted by atomic mass is 35.5. The van der Waals surface area contributed by atoms with Crippen molar-refractivity contribution in [3.05, 3.63) is 75.6 Å². The zero-order valence-corrected chi connectivity index (χ0v) is 18.4. The number of halogens is 3. The maximum Gasteiger partial charge on any atom is 0.239 e. The van der Waals surface area contributed by atoms with Crippen LogP contribution in [0.1, 0.15) is 42.0 Å². The van der Waals surface area contributed by atoms with Crippen LogP contribution in [0.5, 0.6) is 0 Å². The minimum Gasteiger partial charge on any atom is -0.347 e. The van der Waals surface area contributed by atoms with E-state index in [1.54, 1.807) is 18.2 Å². The largest absolute Gasteiger partial charge is 0.347 e. The third-order valence-electron chi connectivity index (χ3n) is 6.85. The van der Waals surface area contributed by atoms with Crippen LogP contribution in [0.25, 0.3) is 0 Å². The number of benzene rings is 2. The van der Waals surface area contributed by atoms with Gasteiger partial charge in [0.1, 0.15) is 16.6 Å². The van der Waals surface area contributed by atoms with Crippen LogP contribution >= 0.6 is 23.2 Å². The molecular formula is C24H21Cl2FN2O2. The fraction of sp³-hybridized carbons (Fsp3) is 0.333. The molecule has 31 heavy (non-hydrogen) atoms. The topological polar surface area (TPSA) is 58.2 Å². The van der Waals surface area contributed by atoms with Crippen molar-refractivity contribution in [2.24, 2.45) is 5.92 Å². The van der Waals surface area contributed by atoms with Gasteiger partial charge in [-0.15, -0.1) is 11.6 Å². The minimum absolute atomic E-state index is 0.262. The van der Waals surface area contributed by atoms with Crippen LogP contribution in [0.4, 0.5) is 10.1 Å². The van der Waals surface area contributed by atoms with E-state index in [0.717, 1.165) is 36.0 Å². The normalized spacial score (nSPS) is 29.5. The maximum atomic E-state index is 14.3. The van der Waals surface area contributed by atoms with E-state index < -0.39 is 28.6 Å². The number of allylic oxidation sites excluding steroid dienone is 2. The molecule has 2 aromatic carbocycles. The van der Waals surface area contributed by atoms with E-state index in [9.17, 15) is 14.0 Å². The van der Waals surface area contributed by atoms with Gasteiger partial charge in [0.05, 0.1) is 6.04 Å². The summed E-state index contributed by atoms with van der Waals surface area (Å²) in [5.41, 5.74) is 2.47. The second-order valence-electron chi connectivity index (χ2n) is 8.51. The summed E-state index contributed by atoms with van der Waals surface area (Å²) >= 11 is 12.9. The first-order valence-electron chi connectivity index (χ1n) is 10.3. The molecule has 2 N–H and O–H groups in total. The van der Waals surface area contributed by atoms with Gasteiger partial charge in [0.25, 0.3) is 0 Å². The Bertz CT molecular complexity index is 1150. The lowest BCUT2D eigenvalue weighted by Crippen LogP contribution is -2.63. The Morgan fingerprint density at radius 3 is 2.71 bits per heavy atom. The van der Waals surface area contributed by atoms with Gasteiger partial charge in [-0.05, 0) is 67.1 Å². The summed E-state index contributed by atoms with van der Waals surface area (Å²) in [4.78, 5) is 26.9. The van der Waals surface area contributed by atoms with Crippen molar-refractivity contribution in [2.45, 2.75) is 43.0 Å². The monoisotopic (exact) mass is 458 g/mol. The number of alkyl halides is 1. The number of nitrogens with one attached hydrogen (secondary N) is 2. The van der Waals surface area contributed by atoms with Gasteiger partial charge < -0.3 is 10.6 Å². The van der Waals surface area contributed by atoms with Crippen LogP contribution < -0.4 is 10.6 Å². The fourth-order valence-corrected chi connectivity index (χ4v) is 6.12. The van der Waals surface area contributed by atoms with Gasteiger partial charge in [0, 0.05) is 16.6 Å². The van der Waals surface area contributed by atoms with Crippen molar-refractivity contribution < 1.29 is 14.0 Å². The van der Waals surface area contributed by atoms with Crippen LogP contribution in [0.2, 0.25) is 5.02 Å². The Labute approximate surface area is 189 Å². The van der Waals surface area contributed by atoms with Gasteiger partial charge in [0.15, 0.2) is 0 Å². The molecule has 0 saturated carbocycles. The zero-order chi connectivity index (χ0) is 21.9. The Morgan fingerprint density at radius 2 is 1.97 bits per heavy atom. The molecule has 1 spiro atoms. The highest BCUT2D eigenvalue weighted by Gasteiger charge is 2.64. The molecule has 4 atom stereocenters. The second kappa shape index (κ2) is 7.35. The Morgan fingerprint density at radius 1 is 1.16 bits per heavy atom. The van der Waals surface area contributed by atoms with E-state index in [0.29, 0.717) is 16.3 Å². The number of hydrogen-bond acceptors (Lipinski definition) is 2. The van der Waals surface area contributed by atoms with Gasteiger partial charge in [-0.2, -0.15) is 0 Å². The zero-order valence-electron chi connectivity index (χ0n) is 16.8. The predicted octanol–water partition coefficient (Wildman–Crippen LogP) is 5.18. The van der Waals surface area contributed by atoms with Crippen molar-refractivity contribution in [1.29, 1.82) is 0 Å². The highest BCUT2D eigenvalue weighted by molar-refractivity contribution is 6.33. The fourth-order valence-electron chi connectivity index (χ4n) is 5.53. The van der Waals surface area contributed by atoms with Gasteiger partial charge in [-0.25, -0.2) is 4.39 Å². The maximum absolute atomic E-state index is 14.3. The average Bonchev–Trinajstić information content (AvgIpc) is 3.34. The molecular weight excluding hydrogens is 438 g/mol. The van der Waals surface area contributed by atoms with Gasteiger partial charge >= 0.3 is 0 Å². The van der Waals surface area contributed by atoms with Crippen molar-refractivity contribution >= 4 is 40.7 Å². The number of rotatable bonds is 2. The molecule has 0 unspecified atom stereocenters.